The van der Waals surface area contributed by atoms with E-state index in [1.54, 1.807) is 7.11 Å². The molecule has 2 aromatic heterocycles. The molecule has 0 aliphatic carbocycles. The highest BCUT2D eigenvalue weighted by Gasteiger charge is 2.16. The van der Waals surface area contributed by atoms with E-state index in [1.165, 1.54) is 5.69 Å². The summed E-state index contributed by atoms with van der Waals surface area (Å²) in [6.07, 6.45) is 1.83. The van der Waals surface area contributed by atoms with Gasteiger partial charge in [0.05, 0.1) is 30.0 Å². The first-order valence-corrected chi connectivity index (χ1v) is 9.83. The van der Waals surface area contributed by atoms with Crippen LogP contribution in [0.25, 0.3) is 16.4 Å². The number of para-hydroxylation sites is 1. The number of hydrogen-bond donors (Lipinski definition) is 1. The zero-order valence-corrected chi connectivity index (χ0v) is 16.7. The molecule has 148 valence electrons. The molecule has 1 aliphatic heterocycles. The van der Waals surface area contributed by atoms with Gasteiger partial charge < -0.3 is 19.9 Å². The average Bonchev–Trinajstić information content (AvgIpc) is 3.13. The van der Waals surface area contributed by atoms with Crippen molar-refractivity contribution in [2.75, 3.05) is 50.6 Å². The summed E-state index contributed by atoms with van der Waals surface area (Å²) in [7, 11) is 3.85. The first-order chi connectivity index (χ1) is 14.2. The minimum absolute atomic E-state index is 0.532. The maximum absolute atomic E-state index is 5.65. The van der Waals surface area contributed by atoms with E-state index in [1.807, 2.05) is 28.9 Å². The molecule has 4 aromatic rings. The van der Waals surface area contributed by atoms with Gasteiger partial charge in [-0.2, -0.15) is 0 Å². The highest BCUT2D eigenvalue weighted by atomic mass is 16.5. The van der Waals surface area contributed by atoms with Gasteiger partial charge in [-0.25, -0.2) is 9.50 Å². The van der Waals surface area contributed by atoms with Gasteiger partial charge in [-0.3, -0.25) is 0 Å². The molecule has 0 amide bonds. The molecule has 0 spiro atoms. The molecule has 0 radical (unpaired) electrons. The topological polar surface area (TPSA) is 57.9 Å². The smallest absolute Gasteiger partial charge is 0.245 e. The number of ether oxygens (including phenoxy) is 1. The number of hydrogen-bond acceptors (Lipinski definition) is 6. The van der Waals surface area contributed by atoms with Crippen LogP contribution in [0.4, 0.5) is 17.3 Å². The van der Waals surface area contributed by atoms with Gasteiger partial charge in [-0.15, -0.1) is 5.10 Å². The lowest BCUT2D eigenvalue weighted by molar-refractivity contribution is 0.312. The SMILES string of the molecule is COc1cc(N2CCN(C)CC2)ccc1Nc1ncc2cc3ccccc3n2n1. The molecule has 2 aromatic carbocycles. The van der Waals surface area contributed by atoms with Crippen LogP contribution in [0.15, 0.2) is 54.7 Å². The maximum atomic E-state index is 5.65. The van der Waals surface area contributed by atoms with Crippen molar-refractivity contribution in [3.05, 3.63) is 54.7 Å². The summed E-state index contributed by atoms with van der Waals surface area (Å²) in [6, 6.07) is 16.5. The molecule has 1 N–H and O–H groups in total. The Bertz CT molecular complexity index is 1160. The molecule has 0 bridgehead atoms. The number of anilines is 3. The predicted molar refractivity (Wildman–Crippen MR) is 116 cm³/mol. The zero-order valence-electron chi connectivity index (χ0n) is 16.7. The Balaban J connectivity index is 1.44. The van der Waals surface area contributed by atoms with Gasteiger partial charge in [0.15, 0.2) is 0 Å². The van der Waals surface area contributed by atoms with E-state index < -0.39 is 0 Å². The van der Waals surface area contributed by atoms with Gasteiger partial charge in [-0.1, -0.05) is 18.2 Å². The molecule has 7 heteroatoms. The van der Waals surface area contributed by atoms with Crippen molar-refractivity contribution in [1.29, 1.82) is 0 Å². The van der Waals surface area contributed by atoms with E-state index in [4.69, 9.17) is 4.74 Å². The second kappa shape index (κ2) is 7.25. The van der Waals surface area contributed by atoms with Crippen LogP contribution in [0.1, 0.15) is 0 Å². The van der Waals surface area contributed by atoms with Crippen molar-refractivity contribution in [1.82, 2.24) is 19.5 Å². The van der Waals surface area contributed by atoms with E-state index >= 15 is 0 Å². The summed E-state index contributed by atoms with van der Waals surface area (Å²) in [5.74, 6) is 1.31. The third-order valence-electron chi connectivity index (χ3n) is 5.53. The zero-order chi connectivity index (χ0) is 19.8. The molecule has 1 saturated heterocycles. The van der Waals surface area contributed by atoms with Gasteiger partial charge >= 0.3 is 0 Å². The van der Waals surface area contributed by atoms with Crippen LogP contribution < -0.4 is 15.0 Å². The van der Waals surface area contributed by atoms with Crippen molar-refractivity contribution in [2.45, 2.75) is 0 Å². The summed E-state index contributed by atoms with van der Waals surface area (Å²) >= 11 is 0. The summed E-state index contributed by atoms with van der Waals surface area (Å²) in [5.41, 5.74) is 4.05. The highest BCUT2D eigenvalue weighted by Crippen LogP contribution is 2.32. The van der Waals surface area contributed by atoms with Gasteiger partial charge in [0, 0.05) is 43.3 Å². The lowest BCUT2D eigenvalue weighted by Crippen LogP contribution is -2.44. The quantitative estimate of drug-likeness (QED) is 0.578. The van der Waals surface area contributed by atoms with Gasteiger partial charge in [0.1, 0.15) is 5.75 Å². The number of likely N-dealkylation sites (N-methyl/N-ethyl adjacent to an activating group) is 1. The number of nitrogens with one attached hydrogen (secondary N) is 1. The second-order valence-corrected chi connectivity index (χ2v) is 7.42. The Labute approximate surface area is 169 Å². The number of fused-ring (bicyclic) bond motifs is 3. The van der Waals surface area contributed by atoms with Crippen molar-refractivity contribution >= 4 is 33.7 Å². The second-order valence-electron chi connectivity index (χ2n) is 7.42. The predicted octanol–water partition coefficient (Wildman–Crippen LogP) is 3.39. The maximum Gasteiger partial charge on any atom is 0.245 e. The van der Waals surface area contributed by atoms with Gasteiger partial charge in [-0.05, 0) is 31.3 Å². The summed E-state index contributed by atoms with van der Waals surface area (Å²) < 4.78 is 7.56. The standard InChI is InChI=1S/C22H24N6O/c1-26-9-11-27(12-10-26)17-7-8-19(21(14-17)29-2)24-22-23-15-18-13-16-5-3-4-6-20(16)28(18)25-22/h3-8,13-15H,9-12H2,1-2H3,(H,24,25). The van der Waals surface area contributed by atoms with E-state index in [9.17, 15) is 0 Å². The summed E-state index contributed by atoms with van der Waals surface area (Å²) in [4.78, 5) is 9.22. The van der Waals surface area contributed by atoms with Crippen LogP contribution >= 0.6 is 0 Å². The van der Waals surface area contributed by atoms with Crippen LogP contribution in [0, 0.1) is 0 Å². The van der Waals surface area contributed by atoms with Crippen molar-refractivity contribution in [2.24, 2.45) is 0 Å². The Kier molecular flexibility index (Phi) is 4.44. The van der Waals surface area contributed by atoms with E-state index in [0.29, 0.717) is 5.95 Å². The normalized spacial score (nSPS) is 15.2. The molecule has 29 heavy (non-hydrogen) atoms. The minimum atomic E-state index is 0.532. The fourth-order valence-corrected chi connectivity index (χ4v) is 3.84. The largest absolute Gasteiger partial charge is 0.494 e. The number of piperazine rings is 1. The molecule has 7 nitrogen and oxygen atoms in total. The molecule has 0 saturated carbocycles. The van der Waals surface area contributed by atoms with Gasteiger partial charge in [0.25, 0.3) is 0 Å². The lowest BCUT2D eigenvalue weighted by Gasteiger charge is -2.34. The number of nitrogens with zero attached hydrogens (tertiary/aromatic N) is 5. The molecule has 1 fully saturated rings. The van der Waals surface area contributed by atoms with Crippen LogP contribution in [0.3, 0.4) is 0 Å². The van der Waals surface area contributed by atoms with Crippen LogP contribution in [-0.2, 0) is 0 Å². The lowest BCUT2D eigenvalue weighted by atomic mass is 10.2. The van der Waals surface area contributed by atoms with Crippen LogP contribution in [0.5, 0.6) is 5.75 Å². The fourth-order valence-electron chi connectivity index (χ4n) is 3.84. The number of methoxy groups -OCH3 is 1. The Hall–Kier alpha value is -3.32. The van der Waals surface area contributed by atoms with Crippen LogP contribution in [-0.4, -0.2) is 59.8 Å². The molecule has 1 aliphatic rings. The molecule has 3 heterocycles. The first-order valence-electron chi connectivity index (χ1n) is 9.83. The summed E-state index contributed by atoms with van der Waals surface area (Å²) in [5, 5.41) is 9.14. The third kappa shape index (κ3) is 3.34. The summed E-state index contributed by atoms with van der Waals surface area (Å²) in [6.45, 7) is 4.18. The molecule has 0 atom stereocenters. The molecule has 0 unspecified atom stereocenters. The van der Waals surface area contributed by atoms with Crippen molar-refractivity contribution in [3.8, 4) is 5.75 Å². The van der Waals surface area contributed by atoms with Crippen molar-refractivity contribution < 1.29 is 4.74 Å². The van der Waals surface area contributed by atoms with Gasteiger partial charge in [0.2, 0.25) is 5.95 Å². The Morgan fingerprint density at radius 3 is 2.66 bits per heavy atom. The third-order valence-corrected chi connectivity index (χ3v) is 5.53. The molecule has 5 rings (SSSR count). The fraction of sp³-hybridized carbons (Fsp3) is 0.273. The number of aromatic nitrogens is 3. The molecular weight excluding hydrogens is 364 g/mol. The Morgan fingerprint density at radius 2 is 1.83 bits per heavy atom. The average molecular weight is 388 g/mol. The monoisotopic (exact) mass is 388 g/mol. The number of benzene rings is 2. The van der Waals surface area contributed by atoms with Crippen molar-refractivity contribution in [3.63, 3.8) is 0 Å². The Morgan fingerprint density at radius 1 is 1.00 bits per heavy atom. The first kappa shape index (κ1) is 17.8. The molecular formula is C22H24N6O. The minimum Gasteiger partial charge on any atom is -0.494 e. The highest BCUT2D eigenvalue weighted by molar-refractivity contribution is 5.86. The number of rotatable bonds is 4. The van der Waals surface area contributed by atoms with Crippen LogP contribution in [0.2, 0.25) is 0 Å². The van der Waals surface area contributed by atoms with E-state index in [2.05, 4.69) is 62.6 Å². The van der Waals surface area contributed by atoms with E-state index in [-0.39, 0.29) is 0 Å². The van der Waals surface area contributed by atoms with E-state index in [0.717, 1.165) is 54.0 Å².